The van der Waals surface area contributed by atoms with E-state index in [-0.39, 0.29) is 0 Å². The van der Waals surface area contributed by atoms with Crippen molar-refractivity contribution in [3.8, 4) is 0 Å². The normalized spacial score (nSPS) is 11.0. The maximum atomic E-state index is 6.74. The van der Waals surface area contributed by atoms with Crippen molar-refractivity contribution < 1.29 is 4.18 Å². The number of hydrogen-bond acceptors (Lipinski definition) is 3. The Morgan fingerprint density at radius 3 is 3.50 bits per heavy atom. The molecule has 1 aromatic heterocycles. The Kier molecular flexibility index (Phi) is 3.33. The minimum absolute atomic E-state index is 0.439. The first-order valence-electron chi connectivity index (χ1n) is 3.91. The molecule has 0 amide bonds. The van der Waals surface area contributed by atoms with Crippen molar-refractivity contribution in [2.45, 2.75) is 13.5 Å². The summed E-state index contributed by atoms with van der Waals surface area (Å²) in [5.74, 6) is 0. The molecule has 5 heteroatoms. The molecule has 12 heavy (non-hydrogen) atoms. The lowest BCUT2D eigenvalue weighted by molar-refractivity contribution is 0.368. The number of nitrogens with zero attached hydrogens (tertiary/aromatic N) is 1. The lowest BCUT2D eigenvalue weighted by Gasteiger charge is -2.04. The summed E-state index contributed by atoms with van der Waals surface area (Å²) in [6, 6.07) is 1.77. The van der Waals surface area contributed by atoms with E-state index in [2.05, 4.69) is 4.98 Å². The molecule has 63 valence electrons. The second kappa shape index (κ2) is 4.75. The number of halogens is 1. The van der Waals surface area contributed by atoms with Crippen LogP contribution in [0.15, 0.2) is 12.3 Å². The second-order valence-corrected chi connectivity index (χ2v) is 3.11. The third-order valence-corrected chi connectivity index (χ3v) is 1.92. The molecule has 1 heterocycles. The van der Waals surface area contributed by atoms with Crippen LogP contribution in [0.5, 0.6) is 0 Å². The molecular formula is C7H8BClNOS. The zero-order chi connectivity index (χ0) is 9.68. The van der Waals surface area contributed by atoms with Crippen LogP contribution in [0, 0.1) is 6.92 Å². The van der Waals surface area contributed by atoms with Crippen LogP contribution in [-0.2, 0) is 10.8 Å². The van der Waals surface area contributed by atoms with Gasteiger partial charge in [0.05, 0.1) is 6.61 Å². The van der Waals surface area contributed by atoms with Crippen molar-refractivity contribution in [2.75, 3.05) is 0 Å². The van der Waals surface area contributed by atoms with Gasteiger partial charge < -0.3 is 4.18 Å². The summed E-state index contributed by atoms with van der Waals surface area (Å²) >= 11 is 6.71. The summed E-state index contributed by atoms with van der Waals surface area (Å²) in [5.41, 5.74) is 2.03. The third kappa shape index (κ3) is 2.70. The summed E-state index contributed by atoms with van der Waals surface area (Å²) in [7, 11) is 1.14. The van der Waals surface area contributed by atoms with Gasteiger partial charge in [-0.1, -0.05) is 23.5 Å². The minimum atomic E-state index is 0.439. The Morgan fingerprint density at radius 2 is 2.75 bits per heavy atom. The molecule has 0 saturated carbocycles. The van der Waals surface area contributed by atoms with Crippen molar-refractivity contribution in [3.05, 3.63) is 28.5 Å². The molecule has 0 atom stereocenters. The highest BCUT2D eigenvalue weighted by atomic mass is 35.5. The predicted molar refractivity (Wildman–Crippen MR) is 53.5 cm³/mol. The van der Waals surface area contributed by atoms with Crippen LogP contribution in [0.1, 0.15) is 11.1 Å². The second-order valence-electron chi connectivity index (χ2n) is 2.29. The van der Waals surface area contributed by atoms with Crippen molar-refractivity contribution in [2.24, 2.45) is 0 Å². The average molecular weight is 202 g/mol. The topological polar surface area (TPSA) is 22.1 Å². The molecule has 0 spiro atoms. The van der Waals surface area contributed by atoms with Gasteiger partial charge in [0, 0.05) is 6.20 Å². The molecule has 1 rings (SSSR count). The Bertz CT molecular complexity index is 289. The zero-order valence-electron chi connectivity index (χ0n) is 7.58. The van der Waals surface area contributed by atoms with E-state index in [4.69, 9.17) is 17.1 Å². The van der Waals surface area contributed by atoms with Gasteiger partial charge in [-0.05, 0) is 25.5 Å². The number of aryl methyl sites for hydroxylation is 1. The fourth-order valence-electron chi connectivity index (χ4n) is 0.789. The lowest BCUT2D eigenvalue weighted by atomic mass is 10.2. The van der Waals surface area contributed by atoms with Crippen molar-refractivity contribution in [1.29, 1.82) is 1.34 Å². The Balaban J connectivity index is 2.59. The third-order valence-electron chi connectivity index (χ3n) is 1.46. The smallest absolute Gasteiger partial charge is 0.209 e. The molecular weight excluding hydrogens is 192 g/mol. The number of rotatable bonds is 4. The maximum Gasteiger partial charge on any atom is 0.209 e. The van der Waals surface area contributed by atoms with E-state index >= 15 is 0 Å². The highest BCUT2D eigenvalue weighted by Crippen LogP contribution is 2.14. The summed E-state index contributed by atoms with van der Waals surface area (Å²) in [6.45, 7) is 2.38. The van der Waals surface area contributed by atoms with E-state index in [1.54, 1.807) is 12.3 Å². The number of pyridine rings is 1. The fraction of sp³-hybridized carbons (Fsp3) is 0.286. The highest BCUT2D eigenvalue weighted by Gasteiger charge is 1.99. The molecule has 1 aromatic rings. The van der Waals surface area contributed by atoms with Crippen LogP contribution in [0.25, 0.3) is 0 Å². The first-order valence-corrected chi connectivity index (χ1v) is 4.51. The lowest BCUT2D eigenvalue weighted by Crippen LogP contribution is -1.91. The number of aromatic nitrogens is 1. The fourth-order valence-corrected chi connectivity index (χ4v) is 1.16. The maximum absolute atomic E-state index is 6.74. The van der Waals surface area contributed by atoms with Gasteiger partial charge in [-0.2, -0.15) is 0 Å². The summed E-state index contributed by atoms with van der Waals surface area (Å²) in [5, 5.41) is 0.462. The van der Waals surface area contributed by atoms with E-state index in [0.717, 1.165) is 30.1 Å². The van der Waals surface area contributed by atoms with Crippen LogP contribution >= 0.6 is 23.5 Å². The van der Waals surface area contributed by atoms with Crippen molar-refractivity contribution in [3.63, 3.8) is 0 Å². The molecule has 0 aliphatic carbocycles. The molecule has 2 nitrogen and oxygen atoms in total. The number of hydrogen-bond donors (Lipinski definition) is 0. The van der Waals surface area contributed by atoms with Gasteiger partial charge >= 0.3 is 0 Å². The van der Waals surface area contributed by atoms with Gasteiger partial charge in [0.15, 0.2) is 0 Å². The quantitative estimate of drug-likeness (QED) is 0.323. The molecule has 0 fully saturated rings. The van der Waals surface area contributed by atoms with Crippen molar-refractivity contribution in [1.82, 2.24) is 4.98 Å². The van der Waals surface area contributed by atoms with Gasteiger partial charge in [0.1, 0.15) is 5.15 Å². The average Bonchev–Trinajstić information content (AvgIpc) is 2.11. The van der Waals surface area contributed by atoms with Crippen LogP contribution in [-0.4, -0.2) is 13.4 Å². The summed E-state index contributed by atoms with van der Waals surface area (Å²) in [4.78, 5) is 3.93. The Labute approximate surface area is 83.5 Å². The van der Waals surface area contributed by atoms with E-state index in [9.17, 15) is 0 Å². The van der Waals surface area contributed by atoms with E-state index in [1.165, 1.54) is 0 Å². The molecule has 0 unspecified atom stereocenters. The SMILES string of the molecule is [3H][B]SOCc1cc(Cl)ncc1C. The predicted octanol–water partition coefficient (Wildman–Crippen LogP) is 2.02. The zero-order valence-corrected chi connectivity index (χ0v) is 8.15. The highest BCUT2D eigenvalue weighted by molar-refractivity contribution is 8.15. The summed E-state index contributed by atoms with van der Waals surface area (Å²) < 4.78 is 11.8. The standard InChI is InChI=1S/C7H8BClNOS/c1-5-3-10-7(9)2-6(5)4-11-12-8/h2-3,8H,4H2,1H3/i8T. The van der Waals surface area contributed by atoms with Crippen LogP contribution in [0.3, 0.4) is 0 Å². The van der Waals surface area contributed by atoms with Crippen LogP contribution in [0.4, 0.5) is 0 Å². The van der Waals surface area contributed by atoms with Crippen LogP contribution in [0.2, 0.25) is 5.15 Å². The Morgan fingerprint density at radius 1 is 1.92 bits per heavy atom. The van der Waals surface area contributed by atoms with Gasteiger partial charge in [0.25, 0.3) is 0 Å². The molecule has 0 saturated heterocycles. The molecule has 0 aliphatic heterocycles. The van der Waals surface area contributed by atoms with Gasteiger partial charge in [-0.3, -0.25) is 0 Å². The van der Waals surface area contributed by atoms with Crippen molar-refractivity contribution >= 4 is 30.6 Å². The van der Waals surface area contributed by atoms with Gasteiger partial charge in [-0.15, -0.1) is 0 Å². The first-order chi connectivity index (χ1) is 6.24. The Hall–Kier alpha value is -0.185. The van der Waals surface area contributed by atoms with E-state index < -0.39 is 0 Å². The van der Waals surface area contributed by atoms with Crippen LogP contribution < -0.4 is 0 Å². The first kappa shape index (κ1) is 8.41. The molecule has 0 aliphatic rings. The monoisotopic (exact) mass is 202 g/mol. The van der Waals surface area contributed by atoms with Gasteiger partial charge in [-0.25, -0.2) is 4.98 Å². The van der Waals surface area contributed by atoms with Gasteiger partial charge in [0.2, 0.25) is 7.09 Å². The van der Waals surface area contributed by atoms with E-state index in [1.807, 2.05) is 6.92 Å². The largest absolute Gasteiger partial charge is 0.323 e. The molecule has 0 bridgehead atoms. The minimum Gasteiger partial charge on any atom is -0.323 e. The molecule has 1 radical (unpaired) electrons. The molecule has 0 aromatic carbocycles. The molecule has 0 N–H and O–H groups in total. The summed E-state index contributed by atoms with van der Waals surface area (Å²) in [6.07, 6.45) is 1.70. The van der Waals surface area contributed by atoms with E-state index in [0.29, 0.717) is 11.8 Å².